The van der Waals surface area contributed by atoms with Crippen molar-refractivity contribution in [1.29, 1.82) is 0 Å². The smallest absolute Gasteiger partial charge is 0.328 e. The van der Waals surface area contributed by atoms with Gasteiger partial charge in [0.1, 0.15) is 5.57 Å². The lowest BCUT2D eigenvalue weighted by Crippen LogP contribution is -2.51. The van der Waals surface area contributed by atoms with Crippen LogP contribution in [0.15, 0.2) is 11.6 Å². The molecule has 0 radical (unpaired) electrons. The van der Waals surface area contributed by atoms with Crippen molar-refractivity contribution in [3.05, 3.63) is 11.6 Å². The minimum Gasteiger partial charge on any atom is -0.381 e. The molecule has 6 heteroatoms. The molecule has 1 aliphatic carbocycles. The number of nitrogens with one attached hydrogen (secondary N) is 2. The second-order valence-electron chi connectivity index (χ2n) is 4.60. The third-order valence-electron chi connectivity index (χ3n) is 3.35. The summed E-state index contributed by atoms with van der Waals surface area (Å²) < 4.78 is 5.30. The summed E-state index contributed by atoms with van der Waals surface area (Å²) in [7, 11) is 1.67. The SMILES string of the molecule is COC1CCCC(C=C2C(=O)NC(=O)NC2=O)C1. The van der Waals surface area contributed by atoms with Gasteiger partial charge < -0.3 is 4.74 Å². The van der Waals surface area contributed by atoms with E-state index in [0.717, 1.165) is 25.7 Å². The van der Waals surface area contributed by atoms with Crippen molar-refractivity contribution in [2.24, 2.45) is 5.92 Å². The highest BCUT2D eigenvalue weighted by atomic mass is 16.5. The van der Waals surface area contributed by atoms with Crippen molar-refractivity contribution in [3.63, 3.8) is 0 Å². The van der Waals surface area contributed by atoms with Crippen LogP contribution < -0.4 is 10.6 Å². The van der Waals surface area contributed by atoms with E-state index < -0.39 is 17.8 Å². The van der Waals surface area contributed by atoms with Crippen LogP contribution in [0.5, 0.6) is 0 Å². The average Bonchev–Trinajstić information content (AvgIpc) is 2.34. The van der Waals surface area contributed by atoms with Gasteiger partial charge in [-0.2, -0.15) is 0 Å². The van der Waals surface area contributed by atoms with Crippen LogP contribution in [-0.2, 0) is 14.3 Å². The number of barbiturate groups is 1. The van der Waals surface area contributed by atoms with Crippen molar-refractivity contribution in [1.82, 2.24) is 10.6 Å². The number of amides is 4. The monoisotopic (exact) mass is 252 g/mol. The average molecular weight is 252 g/mol. The zero-order valence-electron chi connectivity index (χ0n) is 10.2. The Morgan fingerprint density at radius 2 is 1.83 bits per heavy atom. The number of ether oxygens (including phenoxy) is 1. The van der Waals surface area contributed by atoms with Gasteiger partial charge in [-0.1, -0.05) is 12.5 Å². The Hall–Kier alpha value is -1.69. The zero-order valence-corrected chi connectivity index (χ0v) is 10.2. The van der Waals surface area contributed by atoms with Crippen molar-refractivity contribution in [2.75, 3.05) is 7.11 Å². The van der Waals surface area contributed by atoms with Gasteiger partial charge >= 0.3 is 6.03 Å². The molecule has 2 atom stereocenters. The van der Waals surface area contributed by atoms with Crippen LogP contribution in [0.2, 0.25) is 0 Å². The van der Waals surface area contributed by atoms with Gasteiger partial charge in [-0.15, -0.1) is 0 Å². The van der Waals surface area contributed by atoms with E-state index in [1.165, 1.54) is 0 Å². The van der Waals surface area contributed by atoms with Crippen LogP contribution in [0.3, 0.4) is 0 Å². The number of carbonyl (C=O) groups is 3. The summed E-state index contributed by atoms with van der Waals surface area (Å²) in [4.78, 5) is 34.0. The van der Waals surface area contributed by atoms with E-state index in [0.29, 0.717) is 0 Å². The molecule has 0 aromatic rings. The number of carbonyl (C=O) groups excluding carboxylic acids is 3. The summed E-state index contributed by atoms with van der Waals surface area (Å²) in [5.41, 5.74) is 0.0244. The zero-order chi connectivity index (χ0) is 13.1. The van der Waals surface area contributed by atoms with E-state index in [1.54, 1.807) is 13.2 Å². The largest absolute Gasteiger partial charge is 0.381 e. The molecule has 1 saturated carbocycles. The fraction of sp³-hybridized carbons (Fsp3) is 0.583. The molecule has 0 aromatic carbocycles. The molecule has 2 N–H and O–H groups in total. The lowest BCUT2D eigenvalue weighted by molar-refractivity contribution is -0.124. The first-order valence-corrected chi connectivity index (χ1v) is 6.01. The van der Waals surface area contributed by atoms with Crippen LogP contribution in [-0.4, -0.2) is 31.1 Å². The van der Waals surface area contributed by atoms with Crippen molar-refractivity contribution in [2.45, 2.75) is 31.8 Å². The third-order valence-corrected chi connectivity index (χ3v) is 3.35. The number of urea groups is 1. The summed E-state index contributed by atoms with van der Waals surface area (Å²) in [5, 5.41) is 4.13. The summed E-state index contributed by atoms with van der Waals surface area (Å²) in [5.74, 6) is -1.10. The molecule has 1 saturated heterocycles. The highest BCUT2D eigenvalue weighted by Crippen LogP contribution is 2.28. The quantitative estimate of drug-likeness (QED) is 0.553. The molecule has 2 fully saturated rings. The molecular weight excluding hydrogens is 236 g/mol. The van der Waals surface area contributed by atoms with Crippen molar-refractivity contribution in [3.8, 4) is 0 Å². The predicted molar refractivity (Wildman–Crippen MR) is 62.5 cm³/mol. The Labute approximate surface area is 105 Å². The Balaban J connectivity index is 2.09. The minimum atomic E-state index is -0.763. The molecule has 4 amide bonds. The second kappa shape index (κ2) is 5.30. The molecule has 1 heterocycles. The molecule has 2 unspecified atom stereocenters. The van der Waals surface area contributed by atoms with E-state index in [2.05, 4.69) is 10.6 Å². The molecule has 18 heavy (non-hydrogen) atoms. The van der Waals surface area contributed by atoms with E-state index in [-0.39, 0.29) is 17.6 Å². The molecule has 0 bridgehead atoms. The predicted octanol–water partition coefficient (Wildman–Crippen LogP) is 0.484. The van der Waals surface area contributed by atoms with Gasteiger partial charge in [-0.3, -0.25) is 20.2 Å². The summed E-state index contributed by atoms with van der Waals surface area (Å²) in [6, 6.07) is -0.763. The number of hydrogen-bond donors (Lipinski definition) is 2. The summed E-state index contributed by atoms with van der Waals surface area (Å²) >= 11 is 0. The van der Waals surface area contributed by atoms with E-state index >= 15 is 0 Å². The minimum absolute atomic E-state index is 0.0244. The Morgan fingerprint density at radius 3 is 2.44 bits per heavy atom. The topological polar surface area (TPSA) is 84.5 Å². The molecule has 0 spiro atoms. The maximum Gasteiger partial charge on any atom is 0.328 e. The summed E-state index contributed by atoms with van der Waals surface area (Å²) in [6.07, 6.45) is 5.58. The lowest BCUT2D eigenvalue weighted by atomic mass is 9.85. The fourth-order valence-corrected chi connectivity index (χ4v) is 2.41. The number of allylic oxidation sites excluding steroid dienone is 1. The van der Waals surface area contributed by atoms with Gasteiger partial charge in [-0.25, -0.2) is 4.79 Å². The van der Waals surface area contributed by atoms with E-state index in [4.69, 9.17) is 4.74 Å². The molecule has 2 rings (SSSR count). The highest BCUT2D eigenvalue weighted by Gasteiger charge is 2.30. The van der Waals surface area contributed by atoms with Gasteiger partial charge in [0.2, 0.25) is 0 Å². The Kier molecular flexibility index (Phi) is 3.76. The number of rotatable bonds is 2. The Morgan fingerprint density at radius 1 is 1.17 bits per heavy atom. The van der Waals surface area contributed by atoms with Crippen molar-refractivity contribution < 1.29 is 19.1 Å². The standard InChI is InChI=1S/C12H16N2O4/c1-18-8-4-2-3-7(5-8)6-9-10(15)13-12(17)14-11(9)16/h6-8H,2-5H2,1H3,(H2,13,14,15,16,17). The molecule has 2 aliphatic rings. The highest BCUT2D eigenvalue weighted by molar-refractivity contribution is 6.28. The van der Waals surface area contributed by atoms with Gasteiger partial charge in [0, 0.05) is 7.11 Å². The first kappa shape index (κ1) is 12.8. The molecule has 1 aliphatic heterocycles. The maximum atomic E-state index is 11.5. The van der Waals surface area contributed by atoms with Crippen molar-refractivity contribution >= 4 is 17.8 Å². The van der Waals surface area contributed by atoms with Gasteiger partial charge in [0.15, 0.2) is 0 Å². The number of methoxy groups -OCH3 is 1. The summed E-state index contributed by atoms with van der Waals surface area (Å²) in [6.45, 7) is 0. The molecule has 6 nitrogen and oxygen atoms in total. The first-order chi connectivity index (χ1) is 8.60. The van der Waals surface area contributed by atoms with Crippen LogP contribution in [0.1, 0.15) is 25.7 Å². The third kappa shape index (κ3) is 2.76. The fourth-order valence-electron chi connectivity index (χ4n) is 2.41. The number of hydrogen-bond acceptors (Lipinski definition) is 4. The van der Waals surface area contributed by atoms with E-state index in [9.17, 15) is 14.4 Å². The van der Waals surface area contributed by atoms with Crippen LogP contribution in [0.25, 0.3) is 0 Å². The lowest BCUT2D eigenvalue weighted by Gasteiger charge is -2.27. The van der Waals surface area contributed by atoms with E-state index in [1.807, 2.05) is 0 Å². The normalized spacial score (nSPS) is 28.7. The van der Waals surface area contributed by atoms with Crippen LogP contribution in [0.4, 0.5) is 4.79 Å². The van der Waals surface area contributed by atoms with Gasteiger partial charge in [0.25, 0.3) is 11.8 Å². The van der Waals surface area contributed by atoms with Crippen LogP contribution in [0, 0.1) is 5.92 Å². The molecule has 98 valence electrons. The van der Waals surface area contributed by atoms with Crippen LogP contribution >= 0.6 is 0 Å². The first-order valence-electron chi connectivity index (χ1n) is 6.01. The molecule has 0 aromatic heterocycles. The molecular formula is C12H16N2O4. The Bertz CT molecular complexity index is 394. The number of imide groups is 2. The second-order valence-corrected chi connectivity index (χ2v) is 4.60. The van der Waals surface area contributed by atoms with Gasteiger partial charge in [0.05, 0.1) is 6.10 Å². The maximum absolute atomic E-state index is 11.5. The van der Waals surface area contributed by atoms with Gasteiger partial charge in [-0.05, 0) is 25.2 Å².